The molecule has 0 aliphatic carbocycles. The molecule has 0 radical (unpaired) electrons. The summed E-state index contributed by atoms with van der Waals surface area (Å²) in [4.78, 5) is 44.4. The number of ketones is 1. The highest BCUT2D eigenvalue weighted by atomic mass is 32.1. The molecule has 5 rings (SSSR count). The number of nitrogens with zero attached hydrogens (tertiary/aromatic N) is 3. The lowest BCUT2D eigenvalue weighted by Gasteiger charge is -2.46. The van der Waals surface area contributed by atoms with Gasteiger partial charge < -0.3 is 15.1 Å². The minimum atomic E-state index is -1.18. The Hall–Kier alpha value is -3.30. The van der Waals surface area contributed by atoms with Crippen LogP contribution in [0, 0.1) is 11.8 Å². The van der Waals surface area contributed by atoms with Crippen LogP contribution >= 0.6 is 11.3 Å². The van der Waals surface area contributed by atoms with E-state index in [4.69, 9.17) is 0 Å². The van der Waals surface area contributed by atoms with Gasteiger partial charge in [0.25, 0.3) is 0 Å². The molecule has 1 fully saturated rings. The van der Waals surface area contributed by atoms with Crippen LogP contribution in [0.25, 0.3) is 10.4 Å². The Bertz CT molecular complexity index is 1270. The summed E-state index contributed by atoms with van der Waals surface area (Å²) < 4.78 is 1.71. The fourth-order valence-corrected chi connectivity index (χ4v) is 5.91. The summed E-state index contributed by atoms with van der Waals surface area (Å²) >= 11 is 1.28. The Morgan fingerprint density at radius 3 is 2.58 bits per heavy atom. The first-order valence-electron chi connectivity index (χ1n) is 9.86. The highest BCUT2D eigenvalue weighted by molar-refractivity contribution is 7.18. The van der Waals surface area contributed by atoms with Crippen molar-refractivity contribution >= 4 is 39.4 Å². The van der Waals surface area contributed by atoms with Gasteiger partial charge in [-0.2, -0.15) is 0 Å². The van der Waals surface area contributed by atoms with Crippen LogP contribution in [0.1, 0.15) is 34.8 Å². The van der Waals surface area contributed by atoms with Gasteiger partial charge in [0, 0.05) is 23.3 Å². The molecular weight excluding hydrogens is 418 g/mol. The van der Waals surface area contributed by atoms with Gasteiger partial charge >= 0.3 is 5.97 Å². The quantitative estimate of drug-likeness (QED) is 0.468. The third kappa shape index (κ3) is 2.70. The second-order valence-corrected chi connectivity index (χ2v) is 8.95. The lowest BCUT2D eigenvalue weighted by atomic mass is 9.77. The van der Waals surface area contributed by atoms with E-state index in [0.717, 1.165) is 0 Å². The van der Waals surface area contributed by atoms with Gasteiger partial charge in [-0.3, -0.25) is 14.0 Å². The Labute approximate surface area is 181 Å². The predicted molar refractivity (Wildman–Crippen MR) is 112 cm³/mol. The molecule has 31 heavy (non-hydrogen) atoms. The molecule has 1 amide bonds. The molecule has 4 heterocycles. The van der Waals surface area contributed by atoms with E-state index in [1.807, 2.05) is 13.0 Å². The molecule has 158 valence electrons. The number of benzene rings is 1. The molecular formula is C22H19N3O5S. The standard InChI is InChI=1S/C22H19N3O5S/c1-10-14(18(22(29)30)25-17(10)15(11(2)26)20(25)28)13-8-24-9-23-16(21(24)31-13)19(27)12-6-4-3-5-7-12/h3-11,15,17,26H,1-2H3,(H,29,30)/t10-,11+,15+,17+/m0/s1. The van der Waals surface area contributed by atoms with Gasteiger partial charge in [0.2, 0.25) is 11.7 Å². The molecule has 0 spiro atoms. The van der Waals surface area contributed by atoms with Gasteiger partial charge in [0.05, 0.1) is 22.9 Å². The molecule has 2 aliphatic heterocycles. The van der Waals surface area contributed by atoms with Crippen molar-refractivity contribution < 1.29 is 24.6 Å². The average molecular weight is 437 g/mol. The molecule has 0 saturated carbocycles. The topological polar surface area (TPSA) is 112 Å². The van der Waals surface area contributed by atoms with E-state index in [9.17, 15) is 24.6 Å². The number of carboxylic acid groups (broad SMARTS) is 1. The maximum atomic E-state index is 12.9. The molecule has 3 aromatic rings. The van der Waals surface area contributed by atoms with Gasteiger partial charge in [0.15, 0.2) is 0 Å². The first kappa shape index (κ1) is 19.7. The fraction of sp³-hybridized carbons (Fsp3) is 0.273. The summed E-state index contributed by atoms with van der Waals surface area (Å²) in [6.07, 6.45) is 2.42. The summed E-state index contributed by atoms with van der Waals surface area (Å²) in [7, 11) is 0. The van der Waals surface area contributed by atoms with Crippen molar-refractivity contribution in [3.8, 4) is 0 Å². The van der Waals surface area contributed by atoms with Gasteiger partial charge in [-0.1, -0.05) is 37.3 Å². The van der Waals surface area contributed by atoms with Crippen LogP contribution in [-0.4, -0.2) is 54.3 Å². The normalized spacial score (nSPS) is 23.8. The van der Waals surface area contributed by atoms with Crippen molar-refractivity contribution in [2.75, 3.05) is 0 Å². The zero-order valence-electron chi connectivity index (χ0n) is 16.7. The fourth-order valence-electron chi connectivity index (χ4n) is 4.70. The number of aromatic nitrogens is 2. The minimum Gasteiger partial charge on any atom is -0.477 e. The number of aliphatic hydroxyl groups excluding tert-OH is 1. The third-order valence-corrected chi connectivity index (χ3v) is 7.25. The molecule has 0 unspecified atom stereocenters. The van der Waals surface area contributed by atoms with Crippen LogP contribution in [0.2, 0.25) is 0 Å². The maximum absolute atomic E-state index is 12.9. The Kier molecular flexibility index (Phi) is 4.35. The molecule has 2 aromatic heterocycles. The van der Waals surface area contributed by atoms with E-state index in [0.29, 0.717) is 26.5 Å². The lowest BCUT2D eigenvalue weighted by Crippen LogP contribution is -2.63. The zero-order chi connectivity index (χ0) is 22.0. The summed E-state index contributed by atoms with van der Waals surface area (Å²) in [6.45, 7) is 3.42. The van der Waals surface area contributed by atoms with Gasteiger partial charge in [-0.05, 0) is 6.92 Å². The third-order valence-electron chi connectivity index (χ3n) is 6.10. The Morgan fingerprint density at radius 2 is 1.94 bits per heavy atom. The summed E-state index contributed by atoms with van der Waals surface area (Å²) in [5.41, 5.74) is 1.31. The Balaban J connectivity index is 1.60. The number of thiazole rings is 1. The number of hydrogen-bond acceptors (Lipinski definition) is 6. The van der Waals surface area contributed by atoms with Crippen LogP contribution in [0.15, 0.2) is 48.6 Å². The number of aliphatic carboxylic acids is 1. The number of carbonyl (C=O) groups is 3. The lowest BCUT2D eigenvalue weighted by molar-refractivity contribution is -0.163. The van der Waals surface area contributed by atoms with Gasteiger partial charge in [0.1, 0.15) is 22.5 Å². The summed E-state index contributed by atoms with van der Waals surface area (Å²) in [5, 5.41) is 19.9. The number of carbonyl (C=O) groups excluding carboxylic acids is 2. The van der Waals surface area contributed by atoms with E-state index < -0.39 is 24.0 Å². The molecule has 1 aromatic carbocycles. The Morgan fingerprint density at radius 1 is 1.23 bits per heavy atom. The monoisotopic (exact) mass is 437 g/mol. The van der Waals surface area contributed by atoms with E-state index >= 15 is 0 Å². The zero-order valence-corrected chi connectivity index (χ0v) is 17.5. The molecule has 9 heteroatoms. The van der Waals surface area contributed by atoms with Crippen LogP contribution in [0.4, 0.5) is 0 Å². The SMILES string of the molecule is C[C@@H](O)[C@H]1C(=O)N2C(C(=O)O)=C(c3cn4cnc(C(=O)c5ccccc5)c4s3)[C@H](C)[C@H]12. The summed E-state index contributed by atoms with van der Waals surface area (Å²) in [6, 6.07) is 8.45. The van der Waals surface area contributed by atoms with Crippen molar-refractivity contribution in [1.82, 2.24) is 14.3 Å². The number of hydrogen-bond donors (Lipinski definition) is 2. The first-order valence-corrected chi connectivity index (χ1v) is 10.7. The molecule has 1 saturated heterocycles. The molecule has 0 bridgehead atoms. The maximum Gasteiger partial charge on any atom is 0.352 e. The number of rotatable bonds is 5. The number of β-lactam (4-membered cyclic amide) rings is 1. The average Bonchev–Trinajstić information content (AvgIpc) is 3.37. The number of amides is 1. The van der Waals surface area contributed by atoms with Crippen molar-refractivity contribution in [1.29, 1.82) is 0 Å². The van der Waals surface area contributed by atoms with E-state index in [-0.39, 0.29) is 23.3 Å². The second-order valence-electron chi connectivity index (χ2n) is 7.92. The van der Waals surface area contributed by atoms with Crippen LogP contribution < -0.4 is 0 Å². The minimum absolute atomic E-state index is 0.0483. The van der Waals surface area contributed by atoms with Crippen LogP contribution in [0.3, 0.4) is 0 Å². The summed E-state index contributed by atoms with van der Waals surface area (Å²) in [5.74, 6) is -2.66. The van der Waals surface area contributed by atoms with Crippen molar-refractivity contribution in [2.45, 2.75) is 26.0 Å². The van der Waals surface area contributed by atoms with Crippen LogP contribution in [-0.2, 0) is 9.59 Å². The molecule has 2 N–H and O–H groups in total. The predicted octanol–water partition coefficient (Wildman–Crippen LogP) is 2.28. The number of imidazole rings is 1. The van der Waals surface area contributed by atoms with Gasteiger partial charge in [-0.25, -0.2) is 9.78 Å². The molecule has 8 nitrogen and oxygen atoms in total. The van der Waals surface area contributed by atoms with E-state index in [1.54, 1.807) is 41.8 Å². The second kappa shape index (κ2) is 6.86. The van der Waals surface area contributed by atoms with Crippen molar-refractivity contribution in [3.63, 3.8) is 0 Å². The number of carboxylic acids is 1. The smallest absolute Gasteiger partial charge is 0.352 e. The van der Waals surface area contributed by atoms with Crippen molar-refractivity contribution in [3.05, 3.63) is 64.7 Å². The molecule has 4 atom stereocenters. The first-order chi connectivity index (χ1) is 14.8. The highest BCUT2D eigenvalue weighted by Crippen LogP contribution is 2.51. The van der Waals surface area contributed by atoms with Crippen LogP contribution in [0.5, 0.6) is 0 Å². The van der Waals surface area contributed by atoms with E-state index in [2.05, 4.69) is 4.98 Å². The highest BCUT2D eigenvalue weighted by Gasteiger charge is 2.60. The van der Waals surface area contributed by atoms with E-state index in [1.165, 1.54) is 22.6 Å². The molecule has 2 aliphatic rings. The largest absolute Gasteiger partial charge is 0.477 e. The number of fused-ring (bicyclic) bond motifs is 2. The van der Waals surface area contributed by atoms with Crippen molar-refractivity contribution in [2.24, 2.45) is 11.8 Å². The van der Waals surface area contributed by atoms with Gasteiger partial charge in [-0.15, -0.1) is 11.3 Å². The number of aliphatic hydroxyl groups is 1.